The van der Waals surface area contributed by atoms with Crippen molar-refractivity contribution in [2.24, 2.45) is 0 Å². The van der Waals surface area contributed by atoms with Crippen LogP contribution >= 0.6 is 0 Å². The number of hydrogen-bond acceptors (Lipinski definition) is 7. The predicted octanol–water partition coefficient (Wildman–Crippen LogP) is 2.03. The first-order valence-corrected chi connectivity index (χ1v) is 11.1. The van der Waals surface area contributed by atoms with Gasteiger partial charge >= 0.3 is 5.69 Å². The van der Waals surface area contributed by atoms with Crippen molar-refractivity contribution in [1.29, 1.82) is 0 Å². The molecule has 0 bridgehead atoms. The monoisotopic (exact) mass is 478 g/mol. The lowest BCUT2D eigenvalue weighted by atomic mass is 9.95. The van der Waals surface area contributed by atoms with E-state index < -0.39 is 23.2 Å². The fourth-order valence-electron chi connectivity index (χ4n) is 4.70. The molecular weight excluding hydrogens is 452 g/mol. The van der Waals surface area contributed by atoms with Crippen molar-refractivity contribution in [3.8, 4) is 23.1 Å². The highest BCUT2D eigenvalue weighted by Crippen LogP contribution is 2.36. The molecule has 10 nitrogen and oxygen atoms in total. The maximum Gasteiger partial charge on any atom is 0.331 e. The number of ether oxygens (including phenoxy) is 3. The molecule has 0 spiro atoms. The molecule has 35 heavy (non-hydrogen) atoms. The Labute approximate surface area is 200 Å². The van der Waals surface area contributed by atoms with Gasteiger partial charge in [0.2, 0.25) is 5.88 Å². The summed E-state index contributed by atoms with van der Waals surface area (Å²) in [5, 5.41) is 15.5. The number of aromatic amines is 2. The van der Waals surface area contributed by atoms with E-state index in [9.17, 15) is 14.7 Å². The first-order chi connectivity index (χ1) is 16.9. The molecule has 2 aromatic carbocycles. The summed E-state index contributed by atoms with van der Waals surface area (Å²) in [7, 11) is 4.68. The quantitative estimate of drug-likeness (QED) is 0.334. The van der Waals surface area contributed by atoms with Crippen molar-refractivity contribution >= 4 is 10.9 Å². The summed E-state index contributed by atoms with van der Waals surface area (Å²) in [4.78, 5) is 31.4. The van der Waals surface area contributed by atoms with E-state index in [1.165, 1.54) is 14.2 Å². The average molecular weight is 479 g/mol. The van der Waals surface area contributed by atoms with E-state index in [2.05, 4.69) is 15.3 Å². The minimum Gasteiger partial charge on any atom is -0.497 e. The van der Waals surface area contributed by atoms with Crippen LogP contribution < -0.4 is 30.8 Å². The Morgan fingerprint density at radius 2 is 1.69 bits per heavy atom. The van der Waals surface area contributed by atoms with Gasteiger partial charge in [-0.1, -0.05) is 0 Å². The van der Waals surface area contributed by atoms with Gasteiger partial charge < -0.3 is 29.6 Å². The van der Waals surface area contributed by atoms with E-state index in [0.717, 1.165) is 38.9 Å². The number of hydrogen-bond donors (Lipinski definition) is 4. The number of fused-ring (bicyclic) bond motifs is 3. The Morgan fingerprint density at radius 3 is 2.37 bits per heavy atom. The first kappa shape index (κ1) is 22.6. The largest absolute Gasteiger partial charge is 0.497 e. The van der Waals surface area contributed by atoms with Gasteiger partial charge in [-0.3, -0.25) is 14.3 Å². The van der Waals surface area contributed by atoms with Crippen LogP contribution in [0.3, 0.4) is 0 Å². The molecule has 5 rings (SSSR count). The molecule has 1 aliphatic rings. The molecule has 0 amide bonds. The third kappa shape index (κ3) is 3.91. The topological polar surface area (TPSA) is 131 Å². The lowest BCUT2D eigenvalue weighted by molar-refractivity contribution is 0.384. The van der Waals surface area contributed by atoms with Gasteiger partial charge in [0.1, 0.15) is 22.8 Å². The molecule has 0 fully saturated rings. The third-order valence-corrected chi connectivity index (χ3v) is 6.41. The van der Waals surface area contributed by atoms with Crippen molar-refractivity contribution in [1.82, 2.24) is 19.9 Å². The molecular formula is C25H26N4O6. The lowest BCUT2D eigenvalue weighted by Gasteiger charge is -2.25. The van der Waals surface area contributed by atoms with Crippen LogP contribution in [0.15, 0.2) is 46.0 Å². The Morgan fingerprint density at radius 1 is 0.971 bits per heavy atom. The second kappa shape index (κ2) is 8.88. The fraction of sp³-hybridized carbons (Fsp3) is 0.280. The van der Waals surface area contributed by atoms with E-state index >= 15 is 0 Å². The maximum absolute atomic E-state index is 12.9. The van der Waals surface area contributed by atoms with Crippen LogP contribution in [0.25, 0.3) is 10.9 Å². The predicted molar refractivity (Wildman–Crippen MR) is 130 cm³/mol. The van der Waals surface area contributed by atoms with E-state index in [0.29, 0.717) is 23.6 Å². The number of rotatable bonds is 6. The van der Waals surface area contributed by atoms with Gasteiger partial charge in [0.15, 0.2) is 0 Å². The van der Waals surface area contributed by atoms with Crippen LogP contribution in [0.5, 0.6) is 23.1 Å². The molecule has 0 saturated carbocycles. The summed E-state index contributed by atoms with van der Waals surface area (Å²) >= 11 is 0. The highest BCUT2D eigenvalue weighted by atomic mass is 16.5. The van der Waals surface area contributed by atoms with Crippen LogP contribution in [0.2, 0.25) is 0 Å². The van der Waals surface area contributed by atoms with E-state index in [4.69, 9.17) is 14.2 Å². The Bertz CT molecular complexity index is 1510. The normalized spacial score (nSPS) is 15.1. The number of nitrogens with one attached hydrogen (secondary N) is 3. The third-order valence-electron chi connectivity index (χ3n) is 6.41. The van der Waals surface area contributed by atoms with Gasteiger partial charge in [0, 0.05) is 29.2 Å². The van der Waals surface area contributed by atoms with Crippen LogP contribution in [0.1, 0.15) is 28.4 Å². The summed E-state index contributed by atoms with van der Waals surface area (Å²) < 4.78 is 17.1. The minimum absolute atomic E-state index is 0.00544. The zero-order valence-electron chi connectivity index (χ0n) is 19.6. The number of H-pyrrole nitrogens is 2. The van der Waals surface area contributed by atoms with Gasteiger partial charge in [-0.2, -0.15) is 0 Å². The highest BCUT2D eigenvalue weighted by molar-refractivity contribution is 5.86. The molecule has 10 heteroatoms. The van der Waals surface area contributed by atoms with E-state index in [1.54, 1.807) is 25.3 Å². The van der Waals surface area contributed by atoms with Crippen LogP contribution in [0, 0.1) is 0 Å². The van der Waals surface area contributed by atoms with Crippen molar-refractivity contribution in [3.63, 3.8) is 0 Å². The summed E-state index contributed by atoms with van der Waals surface area (Å²) in [5.74, 6) is 1.42. The zero-order valence-corrected chi connectivity index (χ0v) is 19.6. The molecule has 3 heterocycles. The molecule has 0 aliphatic carbocycles. The van der Waals surface area contributed by atoms with E-state index in [-0.39, 0.29) is 12.1 Å². The molecule has 0 radical (unpaired) electrons. The SMILES string of the molecule is COc1cc(Cn2c(O)c([C@@H]3NCCc4c3[nH]c3ccc(OC)cc43)c(=O)[nH]c2=O)cc(OC)c1. The second-order valence-electron chi connectivity index (χ2n) is 8.37. The van der Waals surface area contributed by atoms with Crippen LogP contribution in [-0.4, -0.2) is 47.5 Å². The number of benzene rings is 2. The molecule has 1 aliphatic heterocycles. The van der Waals surface area contributed by atoms with Crippen molar-refractivity contribution in [2.75, 3.05) is 27.9 Å². The summed E-state index contributed by atoms with van der Waals surface area (Å²) in [6.45, 7) is 0.596. The summed E-state index contributed by atoms with van der Waals surface area (Å²) in [5.41, 5.74) is 2.08. The second-order valence-corrected chi connectivity index (χ2v) is 8.37. The minimum atomic E-state index is -0.713. The number of methoxy groups -OCH3 is 3. The summed E-state index contributed by atoms with van der Waals surface area (Å²) in [6, 6.07) is 10.3. The van der Waals surface area contributed by atoms with E-state index in [1.807, 2.05) is 18.2 Å². The number of aromatic hydroxyl groups is 1. The highest BCUT2D eigenvalue weighted by Gasteiger charge is 2.31. The van der Waals surface area contributed by atoms with Gasteiger partial charge in [-0.25, -0.2) is 4.79 Å². The number of aromatic nitrogens is 3. The molecule has 0 saturated heterocycles. The summed E-state index contributed by atoms with van der Waals surface area (Å²) in [6.07, 6.45) is 0.737. The van der Waals surface area contributed by atoms with Gasteiger partial charge in [0.25, 0.3) is 5.56 Å². The van der Waals surface area contributed by atoms with Crippen molar-refractivity contribution in [2.45, 2.75) is 19.0 Å². The standard InChI is InChI=1S/C25H26N4O6/c1-33-14-4-5-19-18(11-14)17-6-7-26-22(21(17)27-19)20-23(30)28-25(32)29(24(20)31)12-13-8-15(34-2)10-16(9-13)35-3/h4-5,8-11,22,26-27,31H,6-7,12H2,1-3H3,(H,28,30,32)/t22-/m0/s1. The molecule has 2 aromatic heterocycles. The maximum atomic E-state index is 12.9. The first-order valence-electron chi connectivity index (χ1n) is 11.1. The Kier molecular flexibility index (Phi) is 5.73. The van der Waals surface area contributed by atoms with Gasteiger partial charge in [0.05, 0.1) is 33.9 Å². The Balaban J connectivity index is 1.62. The fourth-order valence-corrected chi connectivity index (χ4v) is 4.70. The number of nitrogens with zero attached hydrogens (tertiary/aromatic N) is 1. The van der Waals surface area contributed by atoms with Crippen molar-refractivity contribution < 1.29 is 19.3 Å². The average Bonchev–Trinajstić information content (AvgIpc) is 3.24. The molecule has 1 atom stereocenters. The van der Waals surface area contributed by atoms with Crippen LogP contribution in [-0.2, 0) is 13.0 Å². The van der Waals surface area contributed by atoms with Crippen molar-refractivity contribution in [3.05, 3.63) is 79.6 Å². The van der Waals surface area contributed by atoms with Crippen LogP contribution in [0.4, 0.5) is 0 Å². The zero-order chi connectivity index (χ0) is 24.7. The molecule has 0 unspecified atom stereocenters. The van der Waals surface area contributed by atoms with Gasteiger partial charge in [-0.15, -0.1) is 0 Å². The Hall–Kier alpha value is -4.18. The molecule has 4 N–H and O–H groups in total. The van der Waals surface area contributed by atoms with Gasteiger partial charge in [-0.05, 0) is 47.9 Å². The molecule has 182 valence electrons. The smallest absolute Gasteiger partial charge is 0.331 e. The lowest BCUT2D eigenvalue weighted by Crippen LogP contribution is -2.39. The molecule has 4 aromatic rings.